The second-order valence-corrected chi connectivity index (χ2v) is 13.3. The highest BCUT2D eigenvalue weighted by atomic mass is 16.5. The largest absolute Gasteiger partial charge is 0.464 e. The maximum absolute atomic E-state index is 6.44. The van der Waals surface area contributed by atoms with Gasteiger partial charge in [0.25, 0.3) is 0 Å². The van der Waals surface area contributed by atoms with Crippen LogP contribution in [0, 0.1) is 5.41 Å². The number of fused-ring (bicyclic) bond motifs is 5. The van der Waals surface area contributed by atoms with Gasteiger partial charge in [-0.1, -0.05) is 159 Å². The molecule has 0 bridgehead atoms. The SMILES string of the molecule is CC12C=CC(c3ccc(C4NC(c5ccccc5)=CC(c5ccccc5)N4)cc3)=CC1c1c(ccc3c1NC(c1ccccc1)O3)C=C2. The number of nitrogens with one attached hydrogen (secondary N) is 3. The van der Waals surface area contributed by atoms with Gasteiger partial charge in [-0.3, -0.25) is 5.32 Å². The minimum absolute atomic E-state index is 0.0368. The van der Waals surface area contributed by atoms with Gasteiger partial charge >= 0.3 is 0 Å². The summed E-state index contributed by atoms with van der Waals surface area (Å²) in [4.78, 5) is 0. The molecule has 4 nitrogen and oxygen atoms in total. The van der Waals surface area contributed by atoms with Crippen molar-refractivity contribution in [1.29, 1.82) is 0 Å². The fourth-order valence-corrected chi connectivity index (χ4v) is 7.55. The Morgan fingerprint density at radius 2 is 1.29 bits per heavy atom. The predicted molar refractivity (Wildman–Crippen MR) is 196 cm³/mol. The van der Waals surface area contributed by atoms with Crippen LogP contribution in [-0.2, 0) is 0 Å². The smallest absolute Gasteiger partial charge is 0.196 e. The minimum atomic E-state index is -0.194. The molecule has 234 valence electrons. The number of allylic oxidation sites excluding steroid dienone is 5. The Balaban J connectivity index is 1.02. The summed E-state index contributed by atoms with van der Waals surface area (Å²) in [5, 5.41) is 11.3. The Morgan fingerprint density at radius 1 is 0.604 bits per heavy atom. The van der Waals surface area contributed by atoms with Crippen LogP contribution in [0.15, 0.2) is 158 Å². The molecule has 4 heteroatoms. The molecular formula is C44H37N3O. The van der Waals surface area contributed by atoms with Crippen molar-refractivity contribution in [2.45, 2.75) is 31.3 Å². The summed E-state index contributed by atoms with van der Waals surface area (Å²) >= 11 is 0. The summed E-state index contributed by atoms with van der Waals surface area (Å²) in [6, 6.07) is 45.1. The lowest BCUT2D eigenvalue weighted by atomic mass is 9.65. The van der Waals surface area contributed by atoms with Crippen LogP contribution in [0.2, 0.25) is 0 Å². The van der Waals surface area contributed by atoms with Gasteiger partial charge in [0.15, 0.2) is 6.23 Å². The number of rotatable bonds is 5. The van der Waals surface area contributed by atoms with E-state index in [1.165, 1.54) is 39.0 Å². The third-order valence-electron chi connectivity index (χ3n) is 10.2. The number of hydrogen-bond acceptors (Lipinski definition) is 4. The molecule has 2 aliphatic heterocycles. The molecule has 0 fully saturated rings. The third-order valence-corrected chi connectivity index (χ3v) is 10.2. The van der Waals surface area contributed by atoms with Crippen molar-refractivity contribution in [2.24, 2.45) is 5.41 Å². The van der Waals surface area contributed by atoms with Gasteiger partial charge in [0.05, 0.1) is 11.7 Å². The van der Waals surface area contributed by atoms with Crippen LogP contribution in [0.1, 0.15) is 70.2 Å². The van der Waals surface area contributed by atoms with Crippen molar-refractivity contribution in [3.05, 3.63) is 197 Å². The van der Waals surface area contributed by atoms with Crippen molar-refractivity contribution in [3.63, 3.8) is 0 Å². The van der Waals surface area contributed by atoms with E-state index in [4.69, 9.17) is 4.74 Å². The predicted octanol–water partition coefficient (Wildman–Crippen LogP) is 9.93. The fraction of sp³-hybridized carbons (Fsp3) is 0.136. The molecule has 2 aliphatic carbocycles. The molecule has 48 heavy (non-hydrogen) atoms. The topological polar surface area (TPSA) is 45.3 Å². The molecule has 0 saturated heterocycles. The van der Waals surface area contributed by atoms with Crippen LogP contribution >= 0.6 is 0 Å². The molecule has 5 unspecified atom stereocenters. The first-order valence-corrected chi connectivity index (χ1v) is 16.8. The number of benzene rings is 5. The molecule has 5 atom stereocenters. The Morgan fingerprint density at radius 3 is 2.04 bits per heavy atom. The van der Waals surface area contributed by atoms with Crippen LogP contribution < -0.4 is 20.7 Å². The molecule has 5 aromatic carbocycles. The molecular weight excluding hydrogens is 587 g/mol. The first-order valence-electron chi connectivity index (χ1n) is 16.8. The maximum Gasteiger partial charge on any atom is 0.196 e. The van der Waals surface area contributed by atoms with Gasteiger partial charge in [0, 0.05) is 22.6 Å². The lowest BCUT2D eigenvalue weighted by Crippen LogP contribution is -2.39. The molecule has 3 N–H and O–H groups in total. The summed E-state index contributed by atoms with van der Waals surface area (Å²) in [5.74, 6) is 1.09. The van der Waals surface area contributed by atoms with Gasteiger partial charge in [-0.15, -0.1) is 0 Å². The Bertz CT molecular complexity index is 2100. The van der Waals surface area contributed by atoms with Gasteiger partial charge in [-0.05, 0) is 51.1 Å². The van der Waals surface area contributed by atoms with Crippen LogP contribution in [0.3, 0.4) is 0 Å². The zero-order valence-electron chi connectivity index (χ0n) is 26.8. The zero-order valence-corrected chi connectivity index (χ0v) is 26.8. The third kappa shape index (κ3) is 5.06. The second kappa shape index (κ2) is 11.6. The lowest BCUT2D eigenvalue weighted by Gasteiger charge is -2.39. The van der Waals surface area contributed by atoms with Gasteiger partial charge in [-0.2, -0.15) is 0 Å². The van der Waals surface area contributed by atoms with E-state index in [0.717, 1.165) is 22.7 Å². The lowest BCUT2D eigenvalue weighted by molar-refractivity contribution is 0.260. The van der Waals surface area contributed by atoms with E-state index in [9.17, 15) is 0 Å². The quantitative estimate of drug-likeness (QED) is 0.182. The second-order valence-electron chi connectivity index (χ2n) is 13.3. The van der Waals surface area contributed by atoms with Crippen LogP contribution in [0.25, 0.3) is 17.3 Å². The van der Waals surface area contributed by atoms with E-state index >= 15 is 0 Å². The molecule has 0 amide bonds. The number of hydrogen-bond donors (Lipinski definition) is 3. The summed E-state index contributed by atoms with van der Waals surface area (Å²) in [6.07, 6.45) is 13.8. The molecule has 2 heterocycles. The van der Waals surface area contributed by atoms with Crippen LogP contribution in [-0.4, -0.2) is 0 Å². The molecule has 0 saturated carbocycles. The van der Waals surface area contributed by atoms with Crippen LogP contribution in [0.4, 0.5) is 5.69 Å². The van der Waals surface area contributed by atoms with Gasteiger partial charge in [-0.25, -0.2) is 0 Å². The van der Waals surface area contributed by atoms with Crippen LogP contribution in [0.5, 0.6) is 5.75 Å². The Kier molecular flexibility index (Phi) is 6.91. The number of anilines is 1. The summed E-state index contributed by atoms with van der Waals surface area (Å²) < 4.78 is 6.44. The Labute approximate surface area is 282 Å². The highest BCUT2D eigenvalue weighted by Gasteiger charge is 2.40. The zero-order chi connectivity index (χ0) is 32.1. The van der Waals surface area contributed by atoms with Gasteiger partial charge in [0.2, 0.25) is 0 Å². The minimum Gasteiger partial charge on any atom is -0.464 e. The van der Waals surface area contributed by atoms with E-state index in [0.29, 0.717) is 0 Å². The normalized spacial score (nSPS) is 24.9. The average Bonchev–Trinajstić information content (AvgIpc) is 3.60. The van der Waals surface area contributed by atoms with Gasteiger partial charge in [0.1, 0.15) is 11.9 Å². The van der Waals surface area contributed by atoms with Crippen molar-refractivity contribution < 1.29 is 4.74 Å². The van der Waals surface area contributed by atoms with Gasteiger partial charge < -0.3 is 15.4 Å². The molecule has 0 aromatic heterocycles. The highest BCUT2D eigenvalue weighted by molar-refractivity contribution is 5.82. The molecule has 4 aliphatic rings. The first kappa shape index (κ1) is 28.6. The molecule has 0 radical (unpaired) electrons. The van der Waals surface area contributed by atoms with Crippen molar-refractivity contribution in [2.75, 3.05) is 5.32 Å². The van der Waals surface area contributed by atoms with E-state index in [1.54, 1.807) is 0 Å². The summed E-state index contributed by atoms with van der Waals surface area (Å²) in [5.41, 5.74) is 11.9. The molecule has 5 aromatic rings. The fourth-order valence-electron chi connectivity index (χ4n) is 7.55. The van der Waals surface area contributed by atoms with Crippen molar-refractivity contribution in [1.82, 2.24) is 10.6 Å². The average molecular weight is 624 g/mol. The molecule has 0 spiro atoms. The van der Waals surface area contributed by atoms with Crippen molar-refractivity contribution >= 4 is 23.0 Å². The summed E-state index contributed by atoms with van der Waals surface area (Å²) in [6.45, 7) is 2.33. The maximum atomic E-state index is 6.44. The first-order chi connectivity index (χ1) is 23.6. The molecule has 9 rings (SSSR count). The Hall–Kier alpha value is -5.58. The van der Waals surface area contributed by atoms with E-state index < -0.39 is 0 Å². The monoisotopic (exact) mass is 623 g/mol. The van der Waals surface area contributed by atoms with E-state index in [-0.39, 0.29) is 29.8 Å². The summed E-state index contributed by atoms with van der Waals surface area (Å²) in [7, 11) is 0. The highest BCUT2D eigenvalue weighted by Crippen LogP contribution is 2.55. The standard InChI is InChI=1S/C44H37N3O/c1-44-25-23-32-21-22-39-41(47-43(48-39)34-15-9-4-10-16-34)40(32)36(44)27-35(24-26-44)29-17-19-33(20-18-29)42-45-37(30-11-5-2-6-12-30)28-38(46-42)31-13-7-3-8-14-31/h2-28,36-37,42-43,45-47H,1H3. The number of ether oxygens (including phenoxy) is 1. The van der Waals surface area contributed by atoms with Crippen molar-refractivity contribution in [3.8, 4) is 5.75 Å². The van der Waals surface area contributed by atoms with E-state index in [2.05, 4.69) is 181 Å². The van der Waals surface area contributed by atoms with E-state index in [1.807, 2.05) is 6.07 Å².